The van der Waals surface area contributed by atoms with E-state index in [1.165, 1.54) is 5.56 Å². The van der Waals surface area contributed by atoms with Crippen molar-refractivity contribution in [1.29, 1.82) is 0 Å². The Morgan fingerprint density at radius 1 is 1.06 bits per heavy atom. The van der Waals surface area contributed by atoms with Gasteiger partial charge in [-0.05, 0) is 31.0 Å². The zero-order valence-corrected chi connectivity index (χ0v) is 18.0. The number of hydrogen-bond donors (Lipinski definition) is 0. The highest BCUT2D eigenvalue weighted by Gasteiger charge is 2.28. The molecule has 0 saturated carbocycles. The summed E-state index contributed by atoms with van der Waals surface area (Å²) in [7, 11) is 0. The van der Waals surface area contributed by atoms with Gasteiger partial charge in [-0.15, -0.1) is 0 Å². The number of rotatable bonds is 7. The van der Waals surface area contributed by atoms with Crippen molar-refractivity contribution < 1.29 is 14.1 Å². The predicted molar refractivity (Wildman–Crippen MR) is 118 cm³/mol. The summed E-state index contributed by atoms with van der Waals surface area (Å²) in [6.07, 6.45) is 0.985. The largest absolute Gasteiger partial charge is 0.484 e. The number of piperazine rings is 1. The van der Waals surface area contributed by atoms with Crippen molar-refractivity contribution in [2.75, 3.05) is 32.8 Å². The second-order valence-electron chi connectivity index (χ2n) is 7.70. The molecule has 1 aliphatic heterocycles. The molecule has 1 aliphatic rings. The molecule has 31 heavy (non-hydrogen) atoms. The Morgan fingerprint density at radius 2 is 1.77 bits per heavy atom. The van der Waals surface area contributed by atoms with Crippen LogP contribution in [0.25, 0.3) is 11.4 Å². The molecule has 1 saturated heterocycles. The van der Waals surface area contributed by atoms with Crippen LogP contribution in [0.2, 0.25) is 0 Å². The van der Waals surface area contributed by atoms with Crippen molar-refractivity contribution in [3.8, 4) is 17.1 Å². The third-order valence-corrected chi connectivity index (χ3v) is 5.74. The van der Waals surface area contributed by atoms with E-state index in [0.29, 0.717) is 24.8 Å². The Balaban J connectivity index is 1.27. The van der Waals surface area contributed by atoms with Crippen LogP contribution < -0.4 is 4.74 Å². The molecule has 0 bridgehead atoms. The van der Waals surface area contributed by atoms with Crippen LogP contribution in [-0.2, 0) is 11.2 Å². The van der Waals surface area contributed by atoms with Gasteiger partial charge in [0.15, 0.2) is 6.61 Å². The van der Waals surface area contributed by atoms with Crippen LogP contribution in [0.5, 0.6) is 5.75 Å². The lowest BCUT2D eigenvalue weighted by molar-refractivity contribution is -0.135. The standard InChI is InChI=1S/C24H28N4O3/c1-3-19-9-11-21(12-10-19)30-17-22(29)28-15-13-27(14-16-28)18(2)24-25-23(26-31-24)20-7-5-4-6-8-20/h4-12,18H,3,13-17H2,1-2H3. The molecule has 7 heteroatoms. The highest BCUT2D eigenvalue weighted by Crippen LogP contribution is 2.23. The SMILES string of the molecule is CCc1ccc(OCC(=O)N2CCN(C(C)c3nc(-c4ccccc4)no3)CC2)cc1. The van der Waals surface area contributed by atoms with Crippen molar-refractivity contribution in [3.05, 3.63) is 66.1 Å². The summed E-state index contributed by atoms with van der Waals surface area (Å²) in [4.78, 5) is 21.2. The molecule has 2 heterocycles. The van der Waals surface area contributed by atoms with E-state index in [9.17, 15) is 4.79 Å². The molecule has 1 aromatic heterocycles. The summed E-state index contributed by atoms with van der Waals surface area (Å²) in [5.74, 6) is 1.93. The summed E-state index contributed by atoms with van der Waals surface area (Å²) in [6, 6.07) is 17.7. The minimum Gasteiger partial charge on any atom is -0.484 e. The number of carbonyl (C=O) groups excluding carboxylic acids is 1. The predicted octanol–water partition coefficient (Wildman–Crippen LogP) is 3.58. The number of amides is 1. The molecule has 3 aromatic rings. The van der Waals surface area contributed by atoms with Gasteiger partial charge < -0.3 is 14.2 Å². The molecule has 0 aliphatic carbocycles. The van der Waals surface area contributed by atoms with Crippen molar-refractivity contribution >= 4 is 5.91 Å². The third kappa shape index (κ3) is 5.11. The number of benzene rings is 2. The summed E-state index contributed by atoms with van der Waals surface area (Å²) >= 11 is 0. The van der Waals surface area contributed by atoms with Gasteiger partial charge in [0.2, 0.25) is 11.7 Å². The number of carbonyl (C=O) groups is 1. The molecule has 0 spiro atoms. The minimum atomic E-state index is -0.00413. The summed E-state index contributed by atoms with van der Waals surface area (Å²) in [5.41, 5.74) is 2.19. The third-order valence-electron chi connectivity index (χ3n) is 5.74. The maximum absolute atomic E-state index is 12.5. The molecule has 1 unspecified atom stereocenters. The summed E-state index contributed by atoms with van der Waals surface area (Å²) in [5, 5.41) is 4.12. The molecule has 2 aromatic carbocycles. The Kier molecular flexibility index (Phi) is 6.62. The molecule has 1 amide bonds. The molecule has 0 N–H and O–H groups in total. The van der Waals surface area contributed by atoms with Gasteiger partial charge in [-0.1, -0.05) is 54.5 Å². The normalized spacial score (nSPS) is 15.6. The van der Waals surface area contributed by atoms with Crippen molar-refractivity contribution in [2.24, 2.45) is 0 Å². The first-order valence-corrected chi connectivity index (χ1v) is 10.8. The van der Waals surface area contributed by atoms with E-state index in [1.807, 2.05) is 59.5 Å². The van der Waals surface area contributed by atoms with E-state index in [1.54, 1.807) is 0 Å². The van der Waals surface area contributed by atoms with E-state index < -0.39 is 0 Å². The summed E-state index contributed by atoms with van der Waals surface area (Å²) in [6.45, 7) is 7.04. The first-order chi connectivity index (χ1) is 15.1. The lowest BCUT2D eigenvalue weighted by Gasteiger charge is -2.36. The molecule has 7 nitrogen and oxygen atoms in total. The van der Waals surface area contributed by atoms with Crippen LogP contribution in [-0.4, -0.2) is 58.6 Å². The summed E-state index contributed by atoms with van der Waals surface area (Å²) < 4.78 is 11.2. The van der Waals surface area contributed by atoms with E-state index in [0.717, 1.165) is 30.8 Å². The van der Waals surface area contributed by atoms with Crippen molar-refractivity contribution in [3.63, 3.8) is 0 Å². The van der Waals surface area contributed by atoms with Gasteiger partial charge in [0, 0.05) is 31.7 Å². The van der Waals surface area contributed by atoms with Gasteiger partial charge in [0.1, 0.15) is 5.75 Å². The second kappa shape index (κ2) is 9.75. The quantitative estimate of drug-likeness (QED) is 0.582. The first-order valence-electron chi connectivity index (χ1n) is 10.8. The monoisotopic (exact) mass is 420 g/mol. The van der Waals surface area contributed by atoms with Gasteiger partial charge in [0.25, 0.3) is 5.91 Å². The number of ether oxygens (including phenoxy) is 1. The lowest BCUT2D eigenvalue weighted by atomic mass is 10.2. The Bertz CT molecular complexity index is 980. The number of hydrogen-bond acceptors (Lipinski definition) is 6. The molecular weight excluding hydrogens is 392 g/mol. The van der Waals surface area contributed by atoms with Gasteiger partial charge in [-0.25, -0.2) is 0 Å². The van der Waals surface area contributed by atoms with Gasteiger partial charge in [-0.2, -0.15) is 4.98 Å². The Hall–Kier alpha value is -3.19. The zero-order valence-electron chi connectivity index (χ0n) is 18.0. The molecule has 4 rings (SSSR count). The lowest BCUT2D eigenvalue weighted by Crippen LogP contribution is -2.50. The van der Waals surface area contributed by atoms with Gasteiger partial charge >= 0.3 is 0 Å². The smallest absolute Gasteiger partial charge is 0.260 e. The fourth-order valence-corrected chi connectivity index (χ4v) is 3.68. The van der Waals surface area contributed by atoms with Crippen LogP contribution in [0.15, 0.2) is 59.1 Å². The number of nitrogens with zero attached hydrogens (tertiary/aromatic N) is 4. The van der Waals surface area contributed by atoms with Crippen molar-refractivity contribution in [1.82, 2.24) is 19.9 Å². The molecule has 1 fully saturated rings. The topological polar surface area (TPSA) is 71.7 Å². The maximum atomic E-state index is 12.5. The Labute approximate surface area is 182 Å². The fraction of sp³-hybridized carbons (Fsp3) is 0.375. The van der Waals surface area contributed by atoms with Crippen LogP contribution in [0.3, 0.4) is 0 Å². The molecule has 162 valence electrons. The van der Waals surface area contributed by atoms with E-state index in [-0.39, 0.29) is 18.6 Å². The maximum Gasteiger partial charge on any atom is 0.260 e. The fourth-order valence-electron chi connectivity index (χ4n) is 3.68. The van der Waals surface area contributed by atoms with Crippen molar-refractivity contribution in [2.45, 2.75) is 26.3 Å². The van der Waals surface area contributed by atoms with E-state index in [2.05, 4.69) is 28.9 Å². The number of aryl methyl sites for hydroxylation is 1. The molecule has 0 radical (unpaired) electrons. The average molecular weight is 421 g/mol. The highest BCUT2D eigenvalue weighted by molar-refractivity contribution is 5.77. The highest BCUT2D eigenvalue weighted by atomic mass is 16.5. The Morgan fingerprint density at radius 3 is 2.45 bits per heavy atom. The second-order valence-corrected chi connectivity index (χ2v) is 7.70. The van der Waals surface area contributed by atoms with Crippen LogP contribution >= 0.6 is 0 Å². The van der Waals surface area contributed by atoms with Crippen LogP contribution in [0.1, 0.15) is 31.3 Å². The number of aromatic nitrogens is 2. The van der Waals surface area contributed by atoms with E-state index in [4.69, 9.17) is 9.26 Å². The van der Waals surface area contributed by atoms with Gasteiger partial charge in [0.05, 0.1) is 6.04 Å². The van der Waals surface area contributed by atoms with Crippen LogP contribution in [0.4, 0.5) is 0 Å². The van der Waals surface area contributed by atoms with E-state index >= 15 is 0 Å². The molecule has 1 atom stereocenters. The first kappa shape index (κ1) is 21.1. The average Bonchev–Trinajstić information content (AvgIpc) is 3.33. The molecular formula is C24H28N4O3. The zero-order chi connectivity index (χ0) is 21.6. The van der Waals surface area contributed by atoms with Crippen LogP contribution in [0, 0.1) is 0 Å². The van der Waals surface area contributed by atoms with Gasteiger partial charge in [-0.3, -0.25) is 9.69 Å². The minimum absolute atomic E-state index is 0.00413.